The predicted molar refractivity (Wildman–Crippen MR) is 129 cm³/mol. The van der Waals surface area contributed by atoms with E-state index in [1.807, 2.05) is 49.0 Å². The minimum atomic E-state index is -0.0000197. The molecule has 8 heteroatoms. The van der Waals surface area contributed by atoms with Crippen LogP contribution in [0.25, 0.3) is 16.8 Å². The second kappa shape index (κ2) is 7.50. The number of aryl methyl sites for hydroxylation is 2. The first-order chi connectivity index (χ1) is 16.0. The van der Waals surface area contributed by atoms with Gasteiger partial charge in [-0.3, -0.25) is 9.97 Å². The molecule has 0 unspecified atom stereocenters. The van der Waals surface area contributed by atoms with Gasteiger partial charge in [-0.2, -0.15) is 5.10 Å². The monoisotopic (exact) mass is 459 g/mol. The minimum absolute atomic E-state index is 0.0000197. The number of pyridine rings is 2. The van der Waals surface area contributed by atoms with Gasteiger partial charge in [-0.05, 0) is 62.3 Å². The summed E-state index contributed by atoms with van der Waals surface area (Å²) in [7, 11) is 0. The average Bonchev–Trinajstić information content (AvgIpc) is 3.40. The molecule has 4 aromatic heterocycles. The predicted octanol–water partition coefficient (Wildman–Crippen LogP) is 4.30. The Morgan fingerprint density at radius 1 is 1.03 bits per heavy atom. The normalized spacial score (nSPS) is 19.4. The number of nitrogens with two attached hydrogens (primary N) is 1. The standard InChI is InChI=1S/C25H26ClN7/c1-15-20(26)18(5-10-28-15)22-16(2)31-24(19-6-11-30-33(19)22)32-12-7-25(8-13-32)14-17-4-3-9-29-21(17)23(25)27/h3-6,9-11,23H,7-8,12-14,27H2,1-2H3/t23-/m1/s1. The molecule has 33 heavy (non-hydrogen) atoms. The fraction of sp³-hybridized carbons (Fsp3) is 0.360. The number of anilines is 1. The number of rotatable bonds is 2. The van der Waals surface area contributed by atoms with E-state index in [1.165, 1.54) is 5.56 Å². The molecule has 0 bridgehead atoms. The van der Waals surface area contributed by atoms with E-state index in [1.54, 1.807) is 6.20 Å². The van der Waals surface area contributed by atoms with Gasteiger partial charge in [-0.15, -0.1) is 0 Å². The van der Waals surface area contributed by atoms with Crippen molar-refractivity contribution in [2.75, 3.05) is 18.0 Å². The molecule has 1 fully saturated rings. The van der Waals surface area contributed by atoms with Crippen LogP contribution in [0.4, 0.5) is 5.82 Å². The van der Waals surface area contributed by atoms with E-state index in [4.69, 9.17) is 22.3 Å². The van der Waals surface area contributed by atoms with E-state index < -0.39 is 0 Å². The van der Waals surface area contributed by atoms with Crippen LogP contribution in [0.1, 0.15) is 41.5 Å². The van der Waals surface area contributed by atoms with E-state index in [-0.39, 0.29) is 11.5 Å². The number of hydrogen-bond acceptors (Lipinski definition) is 6. The van der Waals surface area contributed by atoms with Gasteiger partial charge in [0.05, 0.1) is 40.0 Å². The SMILES string of the molecule is Cc1nccc(-c2c(C)nc(N3CCC4(CC3)Cc3cccnc3[C@H]4N)c3ccnn23)c1Cl. The third kappa shape index (κ3) is 3.06. The highest BCUT2D eigenvalue weighted by Gasteiger charge is 2.47. The lowest BCUT2D eigenvalue weighted by atomic mass is 9.73. The van der Waals surface area contributed by atoms with Crippen molar-refractivity contribution in [3.05, 3.63) is 70.5 Å². The number of halogens is 1. The van der Waals surface area contributed by atoms with Crippen LogP contribution in [-0.4, -0.2) is 37.7 Å². The van der Waals surface area contributed by atoms with Crippen molar-refractivity contribution in [2.24, 2.45) is 11.1 Å². The Bertz CT molecular complexity index is 1370. The van der Waals surface area contributed by atoms with E-state index in [0.717, 1.165) is 72.0 Å². The Kier molecular flexibility index (Phi) is 4.67. The first-order valence-electron chi connectivity index (χ1n) is 11.4. The van der Waals surface area contributed by atoms with Crippen LogP contribution in [0.5, 0.6) is 0 Å². The maximum absolute atomic E-state index is 6.72. The molecule has 0 radical (unpaired) electrons. The molecule has 2 N–H and O–H groups in total. The smallest absolute Gasteiger partial charge is 0.155 e. The number of aromatic nitrogens is 5. The molecule has 0 aromatic carbocycles. The average molecular weight is 460 g/mol. The van der Waals surface area contributed by atoms with Crippen molar-refractivity contribution in [1.29, 1.82) is 0 Å². The zero-order chi connectivity index (χ0) is 22.7. The van der Waals surface area contributed by atoms with E-state index >= 15 is 0 Å². The van der Waals surface area contributed by atoms with E-state index in [2.05, 4.69) is 26.0 Å². The molecule has 0 saturated carbocycles. The number of fused-ring (bicyclic) bond motifs is 2. The Labute approximate surface area is 197 Å². The Morgan fingerprint density at radius 3 is 2.64 bits per heavy atom. The molecule has 1 saturated heterocycles. The summed E-state index contributed by atoms with van der Waals surface area (Å²) < 4.78 is 1.96. The summed E-state index contributed by atoms with van der Waals surface area (Å²) >= 11 is 6.62. The highest BCUT2D eigenvalue weighted by atomic mass is 35.5. The molecular weight excluding hydrogens is 434 g/mol. The van der Waals surface area contributed by atoms with Crippen LogP contribution < -0.4 is 10.6 Å². The third-order valence-corrected chi connectivity index (χ3v) is 7.98. The third-order valence-electron chi connectivity index (χ3n) is 7.50. The summed E-state index contributed by atoms with van der Waals surface area (Å²) in [4.78, 5) is 16.3. The Hall–Kier alpha value is -3.03. The van der Waals surface area contributed by atoms with Gasteiger partial charge in [0.25, 0.3) is 0 Å². The lowest BCUT2D eigenvalue weighted by Gasteiger charge is -2.42. The molecular formula is C25H26ClN7. The van der Waals surface area contributed by atoms with Crippen molar-refractivity contribution >= 4 is 22.9 Å². The van der Waals surface area contributed by atoms with E-state index in [0.29, 0.717) is 5.02 Å². The van der Waals surface area contributed by atoms with Gasteiger partial charge in [-0.1, -0.05) is 17.7 Å². The molecule has 0 amide bonds. The van der Waals surface area contributed by atoms with Crippen molar-refractivity contribution in [2.45, 2.75) is 39.2 Å². The van der Waals surface area contributed by atoms with Crippen LogP contribution in [0.3, 0.4) is 0 Å². The summed E-state index contributed by atoms with van der Waals surface area (Å²) in [6, 6.07) is 8.15. The van der Waals surface area contributed by atoms with Gasteiger partial charge in [-0.25, -0.2) is 9.50 Å². The summed E-state index contributed by atoms with van der Waals surface area (Å²) in [5.74, 6) is 0.965. The molecule has 4 aromatic rings. The molecule has 1 spiro atoms. The van der Waals surface area contributed by atoms with Crippen LogP contribution >= 0.6 is 11.6 Å². The zero-order valence-electron chi connectivity index (χ0n) is 18.8. The van der Waals surface area contributed by atoms with Gasteiger partial charge in [0.2, 0.25) is 0 Å². The lowest BCUT2D eigenvalue weighted by molar-refractivity contribution is 0.186. The summed E-state index contributed by atoms with van der Waals surface area (Å²) in [6.45, 7) is 5.74. The second-order valence-corrected chi connectivity index (χ2v) is 9.69. The topological polar surface area (TPSA) is 85.2 Å². The number of hydrogen-bond donors (Lipinski definition) is 1. The summed E-state index contributed by atoms with van der Waals surface area (Å²) in [5.41, 5.74) is 13.7. The molecule has 168 valence electrons. The Morgan fingerprint density at radius 2 is 1.85 bits per heavy atom. The number of nitrogens with zero attached hydrogens (tertiary/aromatic N) is 6. The van der Waals surface area contributed by atoms with Crippen molar-refractivity contribution in [3.8, 4) is 11.3 Å². The molecule has 2 aliphatic rings. The van der Waals surface area contributed by atoms with Gasteiger partial charge in [0, 0.05) is 31.0 Å². The van der Waals surface area contributed by atoms with Gasteiger partial charge in [0.1, 0.15) is 5.52 Å². The summed E-state index contributed by atoms with van der Waals surface area (Å²) in [6.07, 6.45) is 8.50. The molecule has 1 atom stereocenters. The van der Waals surface area contributed by atoms with Gasteiger partial charge < -0.3 is 10.6 Å². The quantitative estimate of drug-likeness (QED) is 0.481. The molecule has 6 rings (SSSR count). The first-order valence-corrected chi connectivity index (χ1v) is 11.8. The molecule has 1 aliphatic carbocycles. The highest BCUT2D eigenvalue weighted by molar-refractivity contribution is 6.33. The first kappa shape index (κ1) is 20.6. The van der Waals surface area contributed by atoms with Crippen LogP contribution in [0.15, 0.2) is 42.9 Å². The van der Waals surface area contributed by atoms with E-state index in [9.17, 15) is 0 Å². The van der Waals surface area contributed by atoms with Crippen LogP contribution in [0, 0.1) is 19.3 Å². The minimum Gasteiger partial charge on any atom is -0.355 e. The largest absolute Gasteiger partial charge is 0.355 e. The fourth-order valence-corrected chi connectivity index (χ4v) is 5.86. The van der Waals surface area contributed by atoms with Crippen molar-refractivity contribution < 1.29 is 0 Å². The molecule has 5 heterocycles. The molecule has 1 aliphatic heterocycles. The lowest BCUT2D eigenvalue weighted by Crippen LogP contribution is -2.45. The maximum atomic E-state index is 6.72. The van der Waals surface area contributed by atoms with Crippen molar-refractivity contribution in [3.63, 3.8) is 0 Å². The van der Waals surface area contributed by atoms with Crippen LogP contribution in [0.2, 0.25) is 5.02 Å². The summed E-state index contributed by atoms with van der Waals surface area (Å²) in [5, 5.41) is 5.27. The molecule has 7 nitrogen and oxygen atoms in total. The Balaban J connectivity index is 1.34. The fourth-order valence-electron chi connectivity index (χ4n) is 5.66. The maximum Gasteiger partial charge on any atom is 0.155 e. The highest BCUT2D eigenvalue weighted by Crippen LogP contribution is 2.50. The van der Waals surface area contributed by atoms with Gasteiger partial charge >= 0.3 is 0 Å². The van der Waals surface area contributed by atoms with Crippen LogP contribution in [-0.2, 0) is 6.42 Å². The van der Waals surface area contributed by atoms with Gasteiger partial charge in [0.15, 0.2) is 5.82 Å². The second-order valence-electron chi connectivity index (χ2n) is 9.31. The number of piperidine rings is 1. The zero-order valence-corrected chi connectivity index (χ0v) is 19.5. The van der Waals surface area contributed by atoms with Crippen molar-refractivity contribution in [1.82, 2.24) is 24.6 Å².